The minimum Gasteiger partial charge on any atom is -0.387 e. The number of aliphatic hydroxyl groups excluding tert-OH is 1. The third-order valence-electron chi connectivity index (χ3n) is 2.52. The Hall–Kier alpha value is -1.79. The van der Waals surface area contributed by atoms with Crippen LogP contribution in [-0.2, 0) is 0 Å². The molecule has 2 aromatic heterocycles. The van der Waals surface area contributed by atoms with Gasteiger partial charge >= 0.3 is 0 Å². The molecule has 1 unspecified atom stereocenters. The summed E-state index contributed by atoms with van der Waals surface area (Å²) in [5.41, 5.74) is 4.28. The van der Waals surface area contributed by atoms with E-state index in [4.69, 9.17) is 0 Å². The fraction of sp³-hybridized carbons (Fsp3) is 0.182. The minimum absolute atomic E-state index is 0.564. The molecule has 1 aromatic carbocycles. The Morgan fingerprint density at radius 1 is 1.41 bits per heavy atom. The van der Waals surface area contributed by atoms with Crippen molar-refractivity contribution in [2.24, 2.45) is 0 Å². The van der Waals surface area contributed by atoms with Gasteiger partial charge < -0.3 is 5.11 Å². The quantitative estimate of drug-likeness (QED) is 0.750. The molecule has 3 aromatic rings. The second kappa shape index (κ2) is 3.90. The first-order valence-electron chi connectivity index (χ1n) is 5.18. The maximum atomic E-state index is 9.40. The molecule has 1 N–H and O–H groups in total. The van der Waals surface area contributed by atoms with Crippen LogP contribution in [0.2, 0.25) is 0 Å². The predicted octanol–water partition coefficient (Wildman–Crippen LogP) is 1.93. The number of aromatic nitrogens is 4. The summed E-state index contributed by atoms with van der Waals surface area (Å²) < 4.78 is 2.76. The highest BCUT2D eigenvalue weighted by Crippen LogP contribution is 2.21. The van der Waals surface area contributed by atoms with Crippen molar-refractivity contribution in [3.05, 3.63) is 35.6 Å². The summed E-state index contributed by atoms with van der Waals surface area (Å²) in [5.74, 6) is 0. The molecule has 0 saturated carbocycles. The summed E-state index contributed by atoms with van der Waals surface area (Å²) in [5, 5.41) is 17.3. The third-order valence-corrected chi connectivity index (χ3v) is 3.31. The van der Waals surface area contributed by atoms with Gasteiger partial charge in [-0.2, -0.15) is 0 Å². The number of hydrogen-bond acceptors (Lipinski definition) is 5. The lowest BCUT2D eigenvalue weighted by molar-refractivity contribution is 0.194. The molecule has 0 aliphatic rings. The van der Waals surface area contributed by atoms with E-state index in [9.17, 15) is 5.11 Å². The van der Waals surface area contributed by atoms with Crippen LogP contribution in [0.15, 0.2) is 29.9 Å². The molecule has 17 heavy (non-hydrogen) atoms. The summed E-state index contributed by atoms with van der Waals surface area (Å²) in [6.45, 7) is 1.67. The number of rotatable bonds is 2. The van der Waals surface area contributed by atoms with Gasteiger partial charge in [-0.3, -0.25) is 0 Å². The van der Waals surface area contributed by atoms with E-state index < -0.39 is 6.10 Å². The Morgan fingerprint density at radius 3 is 3.06 bits per heavy atom. The maximum Gasteiger partial charge on any atom is 0.111 e. The highest BCUT2D eigenvalue weighted by atomic mass is 32.1. The Morgan fingerprint density at radius 2 is 2.29 bits per heavy atom. The predicted molar refractivity (Wildman–Crippen MR) is 65.2 cm³/mol. The van der Waals surface area contributed by atoms with Gasteiger partial charge in [0.15, 0.2) is 0 Å². The molecule has 0 radical (unpaired) electrons. The normalized spacial score (nSPS) is 13.1. The van der Waals surface area contributed by atoms with Crippen LogP contribution in [0.5, 0.6) is 0 Å². The zero-order valence-corrected chi connectivity index (χ0v) is 9.92. The van der Waals surface area contributed by atoms with Gasteiger partial charge in [-0.05, 0) is 25.1 Å². The van der Waals surface area contributed by atoms with Gasteiger partial charge in [-0.1, -0.05) is 5.21 Å². The fourth-order valence-corrected chi connectivity index (χ4v) is 2.29. The molecular formula is C11H10N4OS. The van der Waals surface area contributed by atoms with Gasteiger partial charge in [0, 0.05) is 0 Å². The molecule has 86 valence electrons. The van der Waals surface area contributed by atoms with Crippen LogP contribution in [-0.4, -0.2) is 25.1 Å². The summed E-state index contributed by atoms with van der Waals surface area (Å²) in [6, 6.07) is 5.89. The van der Waals surface area contributed by atoms with E-state index in [0.717, 1.165) is 15.9 Å². The van der Waals surface area contributed by atoms with E-state index in [1.807, 2.05) is 23.7 Å². The van der Waals surface area contributed by atoms with Crippen LogP contribution < -0.4 is 0 Å². The lowest BCUT2D eigenvalue weighted by Gasteiger charge is -1.99. The molecule has 0 amide bonds. The van der Waals surface area contributed by atoms with Gasteiger partial charge in [0.2, 0.25) is 0 Å². The lowest BCUT2D eigenvalue weighted by atomic mass is 10.3. The summed E-state index contributed by atoms with van der Waals surface area (Å²) >= 11 is 1.59. The molecule has 0 spiro atoms. The molecule has 0 aliphatic carbocycles. The van der Waals surface area contributed by atoms with E-state index in [0.29, 0.717) is 5.69 Å². The molecule has 3 rings (SSSR count). The van der Waals surface area contributed by atoms with Gasteiger partial charge in [-0.25, -0.2) is 9.67 Å². The molecule has 5 nitrogen and oxygen atoms in total. The van der Waals surface area contributed by atoms with Gasteiger partial charge in [-0.15, -0.1) is 16.4 Å². The van der Waals surface area contributed by atoms with Crippen LogP contribution in [0.3, 0.4) is 0 Å². The van der Waals surface area contributed by atoms with Crippen molar-refractivity contribution in [2.45, 2.75) is 13.0 Å². The highest BCUT2D eigenvalue weighted by molar-refractivity contribution is 7.16. The van der Waals surface area contributed by atoms with Gasteiger partial charge in [0.1, 0.15) is 5.69 Å². The van der Waals surface area contributed by atoms with Crippen molar-refractivity contribution in [1.82, 2.24) is 20.0 Å². The summed E-state index contributed by atoms with van der Waals surface area (Å²) in [7, 11) is 0. The fourth-order valence-electron chi connectivity index (χ4n) is 1.58. The Labute approximate surface area is 101 Å². The maximum absolute atomic E-state index is 9.40. The number of nitrogens with zero attached hydrogens (tertiary/aromatic N) is 4. The summed E-state index contributed by atoms with van der Waals surface area (Å²) in [4.78, 5) is 4.22. The molecule has 2 heterocycles. The zero-order chi connectivity index (χ0) is 11.8. The topological polar surface area (TPSA) is 63.8 Å². The number of aliphatic hydroxyl groups is 1. The van der Waals surface area contributed by atoms with E-state index in [1.165, 1.54) is 0 Å². The second-order valence-corrected chi connectivity index (χ2v) is 4.65. The standard InChI is InChI=1S/C11H10N4OS/c1-7(16)10-5-15(14-13-10)8-2-3-9-11(4-8)17-6-12-9/h2-7,16H,1H3. The largest absolute Gasteiger partial charge is 0.387 e. The number of thiazole rings is 1. The van der Waals surface area contributed by atoms with Gasteiger partial charge in [0.25, 0.3) is 0 Å². The highest BCUT2D eigenvalue weighted by Gasteiger charge is 2.08. The van der Waals surface area contributed by atoms with Crippen molar-refractivity contribution in [1.29, 1.82) is 0 Å². The van der Waals surface area contributed by atoms with E-state index >= 15 is 0 Å². The molecule has 0 bridgehead atoms. The number of benzene rings is 1. The van der Waals surface area contributed by atoms with Crippen molar-refractivity contribution in [3.63, 3.8) is 0 Å². The van der Waals surface area contributed by atoms with Crippen LogP contribution in [0.4, 0.5) is 0 Å². The van der Waals surface area contributed by atoms with Crippen LogP contribution in [0, 0.1) is 0 Å². The summed E-state index contributed by atoms with van der Waals surface area (Å²) in [6.07, 6.45) is 1.13. The third kappa shape index (κ3) is 1.81. The molecular weight excluding hydrogens is 236 g/mol. The number of hydrogen-bond donors (Lipinski definition) is 1. The Kier molecular flexibility index (Phi) is 2.38. The second-order valence-electron chi connectivity index (χ2n) is 3.77. The van der Waals surface area contributed by atoms with E-state index in [2.05, 4.69) is 15.3 Å². The van der Waals surface area contributed by atoms with Crippen LogP contribution >= 0.6 is 11.3 Å². The zero-order valence-electron chi connectivity index (χ0n) is 9.11. The first-order valence-corrected chi connectivity index (χ1v) is 6.06. The lowest BCUT2D eigenvalue weighted by Crippen LogP contribution is -1.94. The molecule has 0 aliphatic heterocycles. The first-order chi connectivity index (χ1) is 8.24. The van der Waals surface area contributed by atoms with Crippen molar-refractivity contribution < 1.29 is 5.11 Å². The van der Waals surface area contributed by atoms with Crippen LogP contribution in [0.1, 0.15) is 18.7 Å². The van der Waals surface area contributed by atoms with Crippen molar-refractivity contribution >= 4 is 21.6 Å². The number of fused-ring (bicyclic) bond motifs is 1. The molecule has 1 atom stereocenters. The average molecular weight is 246 g/mol. The smallest absolute Gasteiger partial charge is 0.111 e. The molecule has 0 saturated heterocycles. The van der Waals surface area contributed by atoms with E-state index in [-0.39, 0.29) is 0 Å². The van der Waals surface area contributed by atoms with Crippen molar-refractivity contribution in [2.75, 3.05) is 0 Å². The molecule has 0 fully saturated rings. The van der Waals surface area contributed by atoms with Crippen LogP contribution in [0.25, 0.3) is 15.9 Å². The van der Waals surface area contributed by atoms with E-state index in [1.54, 1.807) is 29.1 Å². The van der Waals surface area contributed by atoms with Gasteiger partial charge in [0.05, 0.1) is 33.7 Å². The minimum atomic E-state index is -0.601. The first kappa shape index (κ1) is 10.4. The Balaban J connectivity index is 2.06. The monoisotopic (exact) mass is 246 g/mol. The molecule has 6 heteroatoms. The Bertz CT molecular complexity index is 658. The average Bonchev–Trinajstić information content (AvgIpc) is 2.97. The van der Waals surface area contributed by atoms with Crippen molar-refractivity contribution in [3.8, 4) is 5.69 Å². The SMILES string of the molecule is CC(O)c1cn(-c2ccc3ncsc3c2)nn1.